The van der Waals surface area contributed by atoms with Crippen LogP contribution in [0.15, 0.2) is 51.4 Å². The Morgan fingerprint density at radius 2 is 1.95 bits per heavy atom. The van der Waals surface area contributed by atoms with Gasteiger partial charge in [0.2, 0.25) is 0 Å². The predicted octanol–water partition coefficient (Wildman–Crippen LogP) is 4.72. The summed E-state index contributed by atoms with van der Waals surface area (Å²) in [6.07, 6.45) is -1.14. The summed E-state index contributed by atoms with van der Waals surface area (Å²) < 4.78 is 20.1. The molecular formula is C16H12BrFO2. The van der Waals surface area contributed by atoms with Crippen LogP contribution >= 0.6 is 15.9 Å². The maximum Gasteiger partial charge on any atom is 0.141 e. The molecule has 3 aromatic rings. The minimum atomic E-state index is -1.14. The van der Waals surface area contributed by atoms with Crippen molar-refractivity contribution in [2.75, 3.05) is 0 Å². The molecule has 0 aliphatic heterocycles. The summed E-state index contributed by atoms with van der Waals surface area (Å²) in [7, 11) is 0. The predicted molar refractivity (Wildman–Crippen MR) is 79.1 cm³/mol. The van der Waals surface area contributed by atoms with Crippen LogP contribution in [0.2, 0.25) is 0 Å². The molecule has 0 spiro atoms. The van der Waals surface area contributed by atoms with Gasteiger partial charge in [-0.1, -0.05) is 40.2 Å². The maximum absolute atomic E-state index is 13.9. The zero-order valence-corrected chi connectivity index (χ0v) is 12.3. The number of aryl methyl sites for hydroxylation is 1. The van der Waals surface area contributed by atoms with E-state index in [1.165, 1.54) is 6.07 Å². The number of rotatable bonds is 2. The van der Waals surface area contributed by atoms with Crippen molar-refractivity contribution in [3.05, 3.63) is 69.6 Å². The van der Waals surface area contributed by atoms with Gasteiger partial charge in [-0.25, -0.2) is 4.39 Å². The average Bonchev–Trinajstić information content (AvgIpc) is 2.84. The van der Waals surface area contributed by atoms with E-state index in [1.807, 2.05) is 25.1 Å². The second kappa shape index (κ2) is 5.04. The molecule has 1 aromatic heterocycles. The van der Waals surface area contributed by atoms with Gasteiger partial charge in [0.15, 0.2) is 0 Å². The van der Waals surface area contributed by atoms with Crippen LogP contribution in [0.3, 0.4) is 0 Å². The number of hydrogen-bond donors (Lipinski definition) is 1. The number of benzene rings is 2. The summed E-state index contributed by atoms with van der Waals surface area (Å²) in [5.74, 6) is -0.135. The molecule has 102 valence electrons. The van der Waals surface area contributed by atoms with Crippen LogP contribution in [0.1, 0.15) is 23.0 Å². The van der Waals surface area contributed by atoms with Gasteiger partial charge in [0, 0.05) is 15.4 Å². The van der Waals surface area contributed by atoms with E-state index >= 15 is 0 Å². The molecule has 2 aromatic carbocycles. The summed E-state index contributed by atoms with van der Waals surface area (Å²) in [6, 6.07) is 12.1. The highest BCUT2D eigenvalue weighted by Crippen LogP contribution is 2.34. The molecule has 0 bridgehead atoms. The summed E-state index contributed by atoms with van der Waals surface area (Å²) in [4.78, 5) is 0. The normalized spacial score (nSPS) is 12.8. The zero-order chi connectivity index (χ0) is 14.3. The van der Waals surface area contributed by atoms with Crippen LogP contribution in [0.5, 0.6) is 0 Å². The molecule has 0 amide bonds. The van der Waals surface area contributed by atoms with Crippen LogP contribution in [0.4, 0.5) is 4.39 Å². The fourth-order valence-corrected chi connectivity index (χ4v) is 2.84. The van der Waals surface area contributed by atoms with Gasteiger partial charge < -0.3 is 9.52 Å². The van der Waals surface area contributed by atoms with Crippen molar-refractivity contribution >= 4 is 26.9 Å². The van der Waals surface area contributed by atoms with Gasteiger partial charge in [-0.15, -0.1) is 0 Å². The number of fused-ring (bicyclic) bond motifs is 1. The first-order valence-electron chi connectivity index (χ1n) is 6.19. The molecule has 20 heavy (non-hydrogen) atoms. The van der Waals surface area contributed by atoms with E-state index in [-0.39, 0.29) is 5.56 Å². The number of hydrogen-bond acceptors (Lipinski definition) is 2. The highest BCUT2D eigenvalue weighted by atomic mass is 79.9. The monoisotopic (exact) mass is 334 g/mol. The smallest absolute Gasteiger partial charge is 0.141 e. The SMILES string of the molecule is Cc1cccc2cc(C(O)c3c(F)cccc3Br)oc12. The molecule has 1 heterocycles. The third-order valence-corrected chi connectivity index (χ3v) is 3.99. The Hall–Kier alpha value is -1.65. The zero-order valence-electron chi connectivity index (χ0n) is 10.7. The lowest BCUT2D eigenvalue weighted by Crippen LogP contribution is -2.02. The highest BCUT2D eigenvalue weighted by molar-refractivity contribution is 9.10. The van der Waals surface area contributed by atoms with Gasteiger partial charge in [0.25, 0.3) is 0 Å². The largest absolute Gasteiger partial charge is 0.458 e. The van der Waals surface area contributed by atoms with Crippen LogP contribution in [-0.4, -0.2) is 5.11 Å². The minimum Gasteiger partial charge on any atom is -0.458 e. The van der Waals surface area contributed by atoms with Gasteiger partial charge >= 0.3 is 0 Å². The fraction of sp³-hybridized carbons (Fsp3) is 0.125. The first-order chi connectivity index (χ1) is 9.58. The molecule has 4 heteroatoms. The topological polar surface area (TPSA) is 33.4 Å². The molecule has 0 fully saturated rings. The van der Waals surface area contributed by atoms with Crippen LogP contribution in [0, 0.1) is 12.7 Å². The number of para-hydroxylation sites is 1. The lowest BCUT2D eigenvalue weighted by Gasteiger charge is -2.11. The van der Waals surface area contributed by atoms with E-state index in [2.05, 4.69) is 15.9 Å². The summed E-state index contributed by atoms with van der Waals surface area (Å²) in [6.45, 7) is 1.93. The quantitative estimate of drug-likeness (QED) is 0.735. The Balaban J connectivity index is 2.13. The van der Waals surface area contributed by atoms with E-state index < -0.39 is 11.9 Å². The summed E-state index contributed by atoms with van der Waals surface area (Å²) in [5.41, 5.74) is 1.88. The number of aliphatic hydroxyl groups excluding tert-OH is 1. The van der Waals surface area contributed by atoms with Gasteiger partial charge in [0.05, 0.1) is 0 Å². The van der Waals surface area contributed by atoms with E-state index in [0.29, 0.717) is 15.8 Å². The van der Waals surface area contributed by atoms with Crippen molar-refractivity contribution in [3.8, 4) is 0 Å². The third kappa shape index (κ3) is 2.15. The Kier molecular flexibility index (Phi) is 3.36. The molecule has 1 unspecified atom stereocenters. The second-order valence-electron chi connectivity index (χ2n) is 4.68. The van der Waals surface area contributed by atoms with Crippen molar-refractivity contribution in [2.24, 2.45) is 0 Å². The molecular weight excluding hydrogens is 323 g/mol. The molecule has 0 saturated heterocycles. The fourth-order valence-electron chi connectivity index (χ4n) is 2.28. The van der Waals surface area contributed by atoms with E-state index in [0.717, 1.165) is 10.9 Å². The van der Waals surface area contributed by atoms with Gasteiger partial charge in [-0.3, -0.25) is 0 Å². The molecule has 0 aliphatic rings. The molecule has 1 atom stereocenters. The van der Waals surface area contributed by atoms with E-state index in [4.69, 9.17) is 4.42 Å². The summed E-state index contributed by atoms with van der Waals surface area (Å²) >= 11 is 3.26. The molecule has 1 N–H and O–H groups in total. The minimum absolute atomic E-state index is 0.184. The van der Waals surface area contributed by atoms with Gasteiger partial charge in [-0.05, 0) is 30.7 Å². The van der Waals surface area contributed by atoms with Crippen molar-refractivity contribution in [1.82, 2.24) is 0 Å². The molecule has 0 radical (unpaired) electrons. The van der Waals surface area contributed by atoms with E-state index in [1.54, 1.807) is 18.2 Å². The van der Waals surface area contributed by atoms with Crippen molar-refractivity contribution < 1.29 is 13.9 Å². The van der Waals surface area contributed by atoms with Crippen LogP contribution in [0.25, 0.3) is 11.0 Å². The van der Waals surface area contributed by atoms with Crippen LogP contribution < -0.4 is 0 Å². The Labute approximate surface area is 124 Å². The second-order valence-corrected chi connectivity index (χ2v) is 5.53. The maximum atomic E-state index is 13.9. The summed E-state index contributed by atoms with van der Waals surface area (Å²) in [5, 5.41) is 11.3. The van der Waals surface area contributed by atoms with Crippen molar-refractivity contribution in [3.63, 3.8) is 0 Å². The number of aliphatic hydroxyl groups is 1. The first kappa shape index (κ1) is 13.3. The lowest BCUT2D eigenvalue weighted by molar-refractivity contribution is 0.186. The Morgan fingerprint density at radius 3 is 2.65 bits per heavy atom. The van der Waals surface area contributed by atoms with Crippen molar-refractivity contribution in [2.45, 2.75) is 13.0 Å². The molecule has 0 aliphatic carbocycles. The first-order valence-corrected chi connectivity index (χ1v) is 6.98. The number of furan rings is 1. The Morgan fingerprint density at radius 1 is 1.20 bits per heavy atom. The molecule has 3 rings (SSSR count). The number of halogens is 2. The Bertz CT molecular complexity index is 759. The van der Waals surface area contributed by atoms with Gasteiger partial charge in [-0.2, -0.15) is 0 Å². The molecule has 2 nitrogen and oxygen atoms in total. The average molecular weight is 335 g/mol. The lowest BCUT2D eigenvalue weighted by atomic mass is 10.1. The third-order valence-electron chi connectivity index (χ3n) is 3.30. The van der Waals surface area contributed by atoms with E-state index in [9.17, 15) is 9.50 Å². The van der Waals surface area contributed by atoms with Gasteiger partial charge in [0.1, 0.15) is 23.3 Å². The highest BCUT2D eigenvalue weighted by Gasteiger charge is 2.21. The van der Waals surface area contributed by atoms with Crippen LogP contribution in [-0.2, 0) is 0 Å². The van der Waals surface area contributed by atoms with Crippen molar-refractivity contribution in [1.29, 1.82) is 0 Å². The molecule has 0 saturated carbocycles. The standard InChI is InChI=1S/C16H12BrFO2/c1-9-4-2-5-10-8-13(20-16(9)10)15(19)14-11(17)6-3-7-12(14)18/h2-8,15,19H,1H3.